The van der Waals surface area contributed by atoms with Gasteiger partial charge >= 0.3 is 0 Å². The second kappa shape index (κ2) is 8.55. The molecule has 0 saturated carbocycles. The Morgan fingerprint density at radius 3 is 2.45 bits per heavy atom. The largest absolute Gasteiger partial charge is 0.497 e. The van der Waals surface area contributed by atoms with Gasteiger partial charge in [0.1, 0.15) is 11.5 Å². The first-order valence-electron chi connectivity index (χ1n) is 9.22. The van der Waals surface area contributed by atoms with Crippen LogP contribution in [0.3, 0.4) is 0 Å². The summed E-state index contributed by atoms with van der Waals surface area (Å²) in [6.45, 7) is 3.21. The average Bonchev–Trinajstić information content (AvgIpc) is 2.80. The third-order valence-corrected chi connectivity index (χ3v) is 4.64. The quantitative estimate of drug-likeness (QED) is 0.665. The summed E-state index contributed by atoms with van der Waals surface area (Å²) in [4.78, 5) is 17.6. The number of nitrogens with zero attached hydrogens (tertiary/aromatic N) is 7. The van der Waals surface area contributed by atoms with Gasteiger partial charge in [-0.3, -0.25) is 0 Å². The van der Waals surface area contributed by atoms with Crippen LogP contribution >= 0.6 is 0 Å². The van der Waals surface area contributed by atoms with Crippen LogP contribution in [-0.2, 0) is 0 Å². The van der Waals surface area contributed by atoms with Gasteiger partial charge in [-0.05, 0) is 18.2 Å². The zero-order chi connectivity index (χ0) is 20.1. The van der Waals surface area contributed by atoms with Crippen molar-refractivity contribution in [3.05, 3.63) is 42.9 Å². The second-order valence-corrected chi connectivity index (χ2v) is 6.35. The van der Waals surface area contributed by atoms with E-state index in [1.54, 1.807) is 38.9 Å². The molecule has 1 fully saturated rings. The van der Waals surface area contributed by atoms with E-state index in [9.17, 15) is 0 Å². The molecule has 1 aliphatic heterocycles. The van der Waals surface area contributed by atoms with Gasteiger partial charge in [0.15, 0.2) is 5.82 Å². The van der Waals surface area contributed by atoms with E-state index < -0.39 is 0 Å². The van der Waals surface area contributed by atoms with Crippen molar-refractivity contribution >= 4 is 23.4 Å². The van der Waals surface area contributed by atoms with Gasteiger partial charge < -0.3 is 24.6 Å². The van der Waals surface area contributed by atoms with Crippen LogP contribution in [0, 0.1) is 0 Å². The minimum Gasteiger partial charge on any atom is -0.497 e. The summed E-state index contributed by atoms with van der Waals surface area (Å²) in [5, 5.41) is 11.4. The van der Waals surface area contributed by atoms with Crippen LogP contribution in [0.5, 0.6) is 11.5 Å². The highest BCUT2D eigenvalue weighted by molar-refractivity contribution is 5.64. The number of piperazine rings is 1. The number of rotatable bonds is 6. The van der Waals surface area contributed by atoms with E-state index in [4.69, 9.17) is 9.47 Å². The summed E-state index contributed by atoms with van der Waals surface area (Å²) in [6, 6.07) is 7.31. The summed E-state index contributed by atoms with van der Waals surface area (Å²) in [5.74, 6) is 3.26. The Morgan fingerprint density at radius 1 is 0.966 bits per heavy atom. The molecule has 1 aromatic carbocycles. The molecule has 150 valence electrons. The van der Waals surface area contributed by atoms with Crippen LogP contribution in [0.1, 0.15) is 0 Å². The Hall–Kier alpha value is -3.69. The van der Waals surface area contributed by atoms with Gasteiger partial charge in [0.25, 0.3) is 0 Å². The van der Waals surface area contributed by atoms with Gasteiger partial charge in [0, 0.05) is 44.6 Å². The van der Waals surface area contributed by atoms with Gasteiger partial charge in [-0.1, -0.05) is 0 Å². The van der Waals surface area contributed by atoms with Crippen molar-refractivity contribution in [2.75, 3.05) is 55.5 Å². The molecule has 1 saturated heterocycles. The Morgan fingerprint density at radius 2 is 1.72 bits per heavy atom. The van der Waals surface area contributed by atoms with Crippen molar-refractivity contribution in [3.8, 4) is 11.5 Å². The number of hydrogen-bond acceptors (Lipinski definition) is 10. The molecule has 1 N–H and O–H groups in total. The zero-order valence-electron chi connectivity index (χ0n) is 16.3. The van der Waals surface area contributed by atoms with E-state index >= 15 is 0 Å². The third-order valence-electron chi connectivity index (χ3n) is 4.64. The van der Waals surface area contributed by atoms with Crippen molar-refractivity contribution in [1.29, 1.82) is 0 Å². The number of nitrogens with one attached hydrogen (secondary N) is 1. The van der Waals surface area contributed by atoms with Crippen molar-refractivity contribution in [3.63, 3.8) is 0 Å². The molecule has 4 rings (SSSR count). The summed E-state index contributed by atoms with van der Waals surface area (Å²) in [7, 11) is 3.22. The first-order chi connectivity index (χ1) is 14.3. The van der Waals surface area contributed by atoms with Crippen LogP contribution in [0.25, 0.3) is 0 Å². The monoisotopic (exact) mass is 394 g/mol. The fourth-order valence-electron chi connectivity index (χ4n) is 3.11. The lowest BCUT2D eigenvalue weighted by atomic mass is 10.2. The maximum atomic E-state index is 5.41. The number of aromatic nitrogens is 5. The van der Waals surface area contributed by atoms with Crippen LogP contribution in [-0.4, -0.2) is 65.5 Å². The minimum atomic E-state index is 0.403. The third kappa shape index (κ3) is 4.26. The van der Waals surface area contributed by atoms with Crippen LogP contribution < -0.4 is 24.6 Å². The van der Waals surface area contributed by atoms with Crippen LogP contribution in [0.15, 0.2) is 42.9 Å². The van der Waals surface area contributed by atoms with Crippen molar-refractivity contribution < 1.29 is 9.47 Å². The predicted octanol–water partition coefficient (Wildman–Crippen LogP) is 1.75. The zero-order valence-corrected chi connectivity index (χ0v) is 16.3. The Kier molecular flexibility index (Phi) is 5.50. The number of methoxy groups -OCH3 is 2. The standard InChI is InChI=1S/C19H22N8O2/c1-28-14-4-5-15(16(12-14)29-2)23-18-24-17(13-22-25-18)26-8-10-27(11-9-26)19-20-6-3-7-21-19/h3-7,12-13H,8-11H2,1-2H3,(H,23,24,25). The van der Waals surface area contributed by atoms with Crippen LogP contribution in [0.2, 0.25) is 0 Å². The smallest absolute Gasteiger partial charge is 0.249 e. The molecule has 3 aromatic rings. The Labute approximate surface area is 168 Å². The molecule has 0 amide bonds. The molecule has 0 bridgehead atoms. The summed E-state index contributed by atoms with van der Waals surface area (Å²) < 4.78 is 10.6. The highest BCUT2D eigenvalue weighted by Crippen LogP contribution is 2.30. The molecule has 0 aliphatic carbocycles. The lowest BCUT2D eigenvalue weighted by Gasteiger charge is -2.35. The highest BCUT2D eigenvalue weighted by atomic mass is 16.5. The lowest BCUT2D eigenvalue weighted by Crippen LogP contribution is -2.47. The number of hydrogen-bond donors (Lipinski definition) is 1. The Balaban J connectivity index is 1.44. The maximum Gasteiger partial charge on any atom is 0.249 e. The molecule has 0 atom stereocenters. The molecule has 3 heterocycles. The van der Waals surface area contributed by atoms with E-state index in [2.05, 4.69) is 40.3 Å². The normalized spacial score (nSPS) is 13.9. The first-order valence-corrected chi connectivity index (χ1v) is 9.22. The van der Waals surface area contributed by atoms with E-state index in [1.165, 1.54) is 0 Å². The molecule has 0 spiro atoms. The molecule has 10 heteroatoms. The summed E-state index contributed by atoms with van der Waals surface area (Å²) in [5.41, 5.74) is 0.735. The summed E-state index contributed by atoms with van der Waals surface area (Å²) >= 11 is 0. The van der Waals surface area contributed by atoms with Gasteiger partial charge in [0.05, 0.1) is 26.1 Å². The molecule has 2 aromatic heterocycles. The molecule has 10 nitrogen and oxygen atoms in total. The molecule has 1 aliphatic rings. The van der Waals surface area contributed by atoms with Crippen LogP contribution in [0.4, 0.5) is 23.4 Å². The van der Waals surface area contributed by atoms with Gasteiger partial charge in [-0.15, -0.1) is 5.10 Å². The second-order valence-electron chi connectivity index (χ2n) is 6.35. The van der Waals surface area contributed by atoms with E-state index in [0.29, 0.717) is 17.4 Å². The van der Waals surface area contributed by atoms with E-state index in [1.807, 2.05) is 18.2 Å². The predicted molar refractivity (Wildman–Crippen MR) is 109 cm³/mol. The lowest BCUT2D eigenvalue weighted by molar-refractivity contribution is 0.395. The van der Waals surface area contributed by atoms with E-state index in [-0.39, 0.29) is 0 Å². The van der Waals surface area contributed by atoms with Crippen molar-refractivity contribution in [2.45, 2.75) is 0 Å². The fourth-order valence-corrected chi connectivity index (χ4v) is 3.11. The van der Waals surface area contributed by atoms with Crippen molar-refractivity contribution in [1.82, 2.24) is 25.1 Å². The minimum absolute atomic E-state index is 0.403. The molecular weight excluding hydrogens is 372 g/mol. The van der Waals surface area contributed by atoms with Gasteiger partial charge in [-0.2, -0.15) is 10.1 Å². The number of anilines is 4. The average molecular weight is 394 g/mol. The SMILES string of the molecule is COc1ccc(Nc2nncc(N3CCN(c4ncccn4)CC3)n2)c(OC)c1. The van der Waals surface area contributed by atoms with Gasteiger partial charge in [0.2, 0.25) is 11.9 Å². The summed E-state index contributed by atoms with van der Waals surface area (Å²) in [6.07, 6.45) is 5.19. The number of benzene rings is 1. The maximum absolute atomic E-state index is 5.41. The molecular formula is C19H22N8O2. The van der Waals surface area contributed by atoms with E-state index in [0.717, 1.165) is 43.6 Å². The first kappa shape index (κ1) is 18.7. The van der Waals surface area contributed by atoms with Gasteiger partial charge in [-0.25, -0.2) is 9.97 Å². The molecule has 0 unspecified atom stereocenters. The molecule has 29 heavy (non-hydrogen) atoms. The highest BCUT2D eigenvalue weighted by Gasteiger charge is 2.20. The number of ether oxygens (including phenoxy) is 2. The fraction of sp³-hybridized carbons (Fsp3) is 0.316. The van der Waals surface area contributed by atoms with Crippen molar-refractivity contribution in [2.24, 2.45) is 0 Å². The Bertz CT molecular complexity index is 948. The topological polar surface area (TPSA) is 101 Å². The molecule has 0 radical (unpaired) electrons.